The zero-order valence-corrected chi connectivity index (χ0v) is 13.9. The van der Waals surface area contributed by atoms with Crippen LogP contribution in [0.15, 0.2) is 41.4 Å². The van der Waals surface area contributed by atoms with Crippen molar-refractivity contribution >= 4 is 23.3 Å². The molecule has 120 valence electrons. The first-order valence-electron chi connectivity index (χ1n) is 7.76. The number of carbonyl (C=O) groups is 1. The normalized spacial score (nSPS) is 16.6. The van der Waals surface area contributed by atoms with Crippen LogP contribution in [0.3, 0.4) is 0 Å². The Labute approximate surface area is 139 Å². The van der Waals surface area contributed by atoms with Crippen molar-refractivity contribution in [3.63, 3.8) is 0 Å². The van der Waals surface area contributed by atoms with Crippen LogP contribution in [0.4, 0.5) is 4.39 Å². The van der Waals surface area contributed by atoms with Crippen LogP contribution in [-0.4, -0.2) is 28.9 Å². The van der Waals surface area contributed by atoms with Crippen LogP contribution in [0.1, 0.15) is 36.3 Å². The van der Waals surface area contributed by atoms with E-state index in [-0.39, 0.29) is 11.7 Å². The molecule has 0 saturated carbocycles. The maximum absolute atomic E-state index is 13.7. The molecular formula is C18H19FN2OS. The van der Waals surface area contributed by atoms with Crippen molar-refractivity contribution in [1.29, 1.82) is 0 Å². The standard InChI is InChI=1S/C18H19FN2OS/c1-13(12-15-4-2-3-5-16(15)19)18(22)21-9-6-14(7-10-21)17-20-8-11-23-17/h2-5,8,11-12,14H,6-7,9-10H2,1H3/b13-12+. The highest BCUT2D eigenvalue weighted by Gasteiger charge is 2.25. The summed E-state index contributed by atoms with van der Waals surface area (Å²) in [6, 6.07) is 6.50. The van der Waals surface area contributed by atoms with Crippen LogP contribution in [-0.2, 0) is 4.79 Å². The number of amides is 1. The first kappa shape index (κ1) is 15.9. The molecule has 1 saturated heterocycles. The van der Waals surface area contributed by atoms with E-state index in [4.69, 9.17) is 0 Å². The SMILES string of the molecule is C/C(=C\c1ccccc1F)C(=O)N1CCC(c2nccs2)CC1. The van der Waals surface area contributed by atoms with E-state index in [0.717, 1.165) is 30.9 Å². The Morgan fingerprint density at radius 3 is 2.74 bits per heavy atom. The third-order valence-electron chi connectivity index (χ3n) is 4.20. The monoisotopic (exact) mass is 330 g/mol. The molecular weight excluding hydrogens is 311 g/mol. The summed E-state index contributed by atoms with van der Waals surface area (Å²) < 4.78 is 13.7. The number of aromatic nitrogens is 1. The van der Waals surface area contributed by atoms with Gasteiger partial charge in [0.2, 0.25) is 5.91 Å². The minimum absolute atomic E-state index is 0.00848. The highest BCUT2D eigenvalue weighted by molar-refractivity contribution is 7.09. The van der Waals surface area contributed by atoms with Gasteiger partial charge in [-0.2, -0.15) is 0 Å². The van der Waals surface area contributed by atoms with Crippen LogP contribution in [0, 0.1) is 5.82 Å². The second-order valence-electron chi connectivity index (χ2n) is 5.79. The van der Waals surface area contributed by atoms with Gasteiger partial charge in [0.1, 0.15) is 5.82 Å². The minimum Gasteiger partial charge on any atom is -0.339 e. The van der Waals surface area contributed by atoms with Gasteiger partial charge in [-0.25, -0.2) is 9.37 Å². The molecule has 0 bridgehead atoms. The van der Waals surface area contributed by atoms with Crippen molar-refractivity contribution in [1.82, 2.24) is 9.88 Å². The second-order valence-corrected chi connectivity index (χ2v) is 6.71. The van der Waals surface area contributed by atoms with Gasteiger partial charge in [-0.3, -0.25) is 4.79 Å². The molecule has 1 fully saturated rings. The largest absolute Gasteiger partial charge is 0.339 e. The van der Waals surface area contributed by atoms with Gasteiger partial charge in [0, 0.05) is 41.7 Å². The first-order chi connectivity index (χ1) is 11.1. The molecule has 23 heavy (non-hydrogen) atoms. The Hall–Kier alpha value is -2.01. The predicted octanol–water partition coefficient (Wildman–Crippen LogP) is 4.09. The second kappa shape index (κ2) is 7.04. The lowest BCUT2D eigenvalue weighted by Crippen LogP contribution is -2.38. The third kappa shape index (κ3) is 3.67. The Balaban J connectivity index is 1.64. The van der Waals surface area contributed by atoms with Gasteiger partial charge in [0.15, 0.2) is 0 Å². The molecule has 1 aromatic carbocycles. The Morgan fingerprint density at radius 2 is 2.09 bits per heavy atom. The Morgan fingerprint density at radius 1 is 1.35 bits per heavy atom. The molecule has 2 heterocycles. The van der Waals surface area contributed by atoms with Gasteiger partial charge >= 0.3 is 0 Å². The van der Waals surface area contributed by atoms with Crippen LogP contribution >= 0.6 is 11.3 Å². The number of hydrogen-bond donors (Lipinski definition) is 0. The molecule has 0 N–H and O–H groups in total. The maximum Gasteiger partial charge on any atom is 0.249 e. The topological polar surface area (TPSA) is 33.2 Å². The van der Waals surface area contributed by atoms with Gasteiger partial charge in [-0.05, 0) is 31.9 Å². The number of piperidine rings is 1. The summed E-state index contributed by atoms with van der Waals surface area (Å²) in [7, 11) is 0. The minimum atomic E-state index is -0.304. The molecule has 3 rings (SSSR count). The van der Waals surface area contributed by atoms with E-state index >= 15 is 0 Å². The first-order valence-corrected chi connectivity index (χ1v) is 8.64. The van der Waals surface area contributed by atoms with Crippen LogP contribution in [0.25, 0.3) is 6.08 Å². The molecule has 0 unspecified atom stereocenters. The van der Waals surface area contributed by atoms with E-state index in [1.54, 1.807) is 42.5 Å². The number of likely N-dealkylation sites (tertiary alicyclic amines) is 1. The number of hydrogen-bond acceptors (Lipinski definition) is 3. The van der Waals surface area contributed by atoms with E-state index in [2.05, 4.69) is 4.98 Å². The Bertz CT molecular complexity index is 704. The molecule has 5 heteroatoms. The van der Waals surface area contributed by atoms with Gasteiger partial charge in [-0.15, -0.1) is 11.3 Å². The molecule has 0 atom stereocenters. The van der Waals surface area contributed by atoms with Crippen molar-refractivity contribution in [3.05, 3.63) is 57.8 Å². The predicted molar refractivity (Wildman–Crippen MR) is 90.7 cm³/mol. The highest BCUT2D eigenvalue weighted by Crippen LogP contribution is 2.29. The molecule has 1 amide bonds. The van der Waals surface area contributed by atoms with Crippen LogP contribution in [0.5, 0.6) is 0 Å². The summed E-state index contributed by atoms with van der Waals surface area (Å²) in [5, 5.41) is 3.16. The highest BCUT2D eigenvalue weighted by atomic mass is 32.1. The fraction of sp³-hybridized carbons (Fsp3) is 0.333. The molecule has 3 nitrogen and oxygen atoms in total. The summed E-state index contributed by atoms with van der Waals surface area (Å²) >= 11 is 1.68. The summed E-state index contributed by atoms with van der Waals surface area (Å²) in [5.41, 5.74) is 1.03. The van der Waals surface area contributed by atoms with Crippen molar-refractivity contribution in [2.75, 3.05) is 13.1 Å². The van der Waals surface area contributed by atoms with Crippen molar-refractivity contribution < 1.29 is 9.18 Å². The van der Waals surface area contributed by atoms with Gasteiger partial charge < -0.3 is 4.90 Å². The van der Waals surface area contributed by atoms with Crippen LogP contribution in [0.2, 0.25) is 0 Å². The zero-order chi connectivity index (χ0) is 16.2. The summed E-state index contributed by atoms with van der Waals surface area (Å²) in [4.78, 5) is 18.8. The average Bonchev–Trinajstić information content (AvgIpc) is 3.11. The number of thiazole rings is 1. The van der Waals surface area contributed by atoms with E-state index < -0.39 is 0 Å². The number of nitrogens with zero attached hydrogens (tertiary/aromatic N) is 2. The molecule has 0 aliphatic carbocycles. The zero-order valence-electron chi connectivity index (χ0n) is 13.0. The van der Waals surface area contributed by atoms with Crippen molar-refractivity contribution in [3.8, 4) is 0 Å². The van der Waals surface area contributed by atoms with E-state index in [1.165, 1.54) is 6.07 Å². The average molecular weight is 330 g/mol. The van der Waals surface area contributed by atoms with Gasteiger partial charge in [0.05, 0.1) is 5.01 Å². The van der Waals surface area contributed by atoms with Crippen molar-refractivity contribution in [2.24, 2.45) is 0 Å². The molecule has 1 aromatic heterocycles. The smallest absolute Gasteiger partial charge is 0.249 e. The molecule has 2 aromatic rings. The number of rotatable bonds is 3. The lowest BCUT2D eigenvalue weighted by molar-refractivity contribution is -0.128. The van der Waals surface area contributed by atoms with Gasteiger partial charge in [-0.1, -0.05) is 18.2 Å². The lowest BCUT2D eigenvalue weighted by atomic mass is 9.97. The van der Waals surface area contributed by atoms with Crippen molar-refractivity contribution in [2.45, 2.75) is 25.7 Å². The lowest BCUT2D eigenvalue weighted by Gasteiger charge is -2.31. The number of carbonyl (C=O) groups excluding carboxylic acids is 1. The number of benzene rings is 1. The van der Waals surface area contributed by atoms with E-state index in [0.29, 0.717) is 17.1 Å². The molecule has 0 spiro atoms. The summed E-state index contributed by atoms with van der Waals surface area (Å²) in [6.45, 7) is 3.21. The molecule has 0 radical (unpaired) electrons. The summed E-state index contributed by atoms with van der Waals surface area (Å²) in [6.07, 6.45) is 5.34. The van der Waals surface area contributed by atoms with E-state index in [1.807, 2.05) is 16.5 Å². The quantitative estimate of drug-likeness (QED) is 0.794. The summed E-state index contributed by atoms with van der Waals surface area (Å²) in [5.74, 6) is 0.142. The van der Waals surface area contributed by atoms with Crippen LogP contribution < -0.4 is 0 Å². The van der Waals surface area contributed by atoms with Gasteiger partial charge in [0.25, 0.3) is 0 Å². The molecule has 1 aliphatic rings. The number of halogens is 1. The fourth-order valence-corrected chi connectivity index (χ4v) is 3.71. The fourth-order valence-electron chi connectivity index (χ4n) is 2.90. The van der Waals surface area contributed by atoms with E-state index in [9.17, 15) is 9.18 Å². The molecule has 1 aliphatic heterocycles. The third-order valence-corrected chi connectivity index (χ3v) is 5.14. The maximum atomic E-state index is 13.7. The Kier molecular flexibility index (Phi) is 4.86.